The van der Waals surface area contributed by atoms with Gasteiger partial charge < -0.3 is 10.2 Å². The summed E-state index contributed by atoms with van der Waals surface area (Å²) in [7, 11) is 0. The van der Waals surface area contributed by atoms with Crippen LogP contribution in [0.5, 0.6) is 0 Å². The van der Waals surface area contributed by atoms with Crippen LogP contribution in [0.2, 0.25) is 0 Å². The summed E-state index contributed by atoms with van der Waals surface area (Å²) in [6.07, 6.45) is -1.25. The summed E-state index contributed by atoms with van der Waals surface area (Å²) < 4.78 is 40.9. The molecule has 1 saturated heterocycles. The summed E-state index contributed by atoms with van der Waals surface area (Å²) in [6, 6.07) is 5.41. The predicted octanol–water partition coefficient (Wildman–Crippen LogP) is 4.06. The Morgan fingerprint density at radius 3 is 2.92 bits per heavy atom. The van der Waals surface area contributed by atoms with Gasteiger partial charge in [0.05, 0.1) is 16.9 Å². The number of likely N-dealkylation sites (tertiary alicyclic amines) is 1. The van der Waals surface area contributed by atoms with Crippen LogP contribution in [0, 0.1) is 0 Å². The Bertz CT molecular complexity index is 797. The molecule has 0 aliphatic carbocycles. The van der Waals surface area contributed by atoms with E-state index in [0.717, 1.165) is 63.0 Å². The molecule has 7 heteroatoms. The van der Waals surface area contributed by atoms with Crippen LogP contribution >= 0.6 is 0 Å². The smallest absolute Gasteiger partial charge is 0.369 e. The lowest BCUT2D eigenvalue weighted by Crippen LogP contribution is -2.34. The molecule has 4 nitrogen and oxygen atoms in total. The lowest BCUT2D eigenvalue weighted by Gasteiger charge is -2.31. The van der Waals surface area contributed by atoms with Crippen LogP contribution < -0.4 is 5.32 Å². The van der Waals surface area contributed by atoms with Crippen LogP contribution in [0.3, 0.4) is 0 Å². The van der Waals surface area contributed by atoms with Crippen molar-refractivity contribution in [1.82, 2.24) is 14.7 Å². The van der Waals surface area contributed by atoms with E-state index < -0.39 is 11.7 Å². The first-order valence-electron chi connectivity index (χ1n) is 9.23. The molecule has 1 N–H and O–H groups in total. The van der Waals surface area contributed by atoms with Gasteiger partial charge in [0.15, 0.2) is 0 Å². The molecule has 1 aromatic carbocycles. The number of hydrogen-bond donors (Lipinski definition) is 1. The number of fused-ring (bicyclic) bond motifs is 1. The fraction of sp³-hybridized carbons (Fsp3) is 0.526. The number of benzene rings is 1. The van der Waals surface area contributed by atoms with Crippen molar-refractivity contribution in [3.63, 3.8) is 0 Å². The number of alkyl halides is 3. The molecule has 0 amide bonds. The number of piperidine rings is 1. The third-order valence-electron chi connectivity index (χ3n) is 5.44. The van der Waals surface area contributed by atoms with E-state index in [1.807, 2.05) is 0 Å². The zero-order valence-corrected chi connectivity index (χ0v) is 14.8. The first kappa shape index (κ1) is 17.4. The Hall–Kier alpha value is -2.02. The van der Waals surface area contributed by atoms with Crippen molar-refractivity contribution in [2.45, 2.75) is 38.3 Å². The maximum Gasteiger partial charge on any atom is 0.416 e. The van der Waals surface area contributed by atoms with Crippen LogP contribution in [0.4, 0.5) is 19.0 Å². The van der Waals surface area contributed by atoms with Crippen molar-refractivity contribution in [3.05, 3.63) is 41.1 Å². The monoisotopic (exact) mass is 364 g/mol. The third-order valence-corrected chi connectivity index (χ3v) is 5.44. The molecule has 140 valence electrons. The number of likely N-dealkylation sites (N-methyl/N-ethyl adjacent to an activating group) is 1. The van der Waals surface area contributed by atoms with E-state index in [1.54, 1.807) is 10.7 Å². The van der Waals surface area contributed by atoms with Gasteiger partial charge >= 0.3 is 6.18 Å². The van der Waals surface area contributed by atoms with E-state index in [1.165, 1.54) is 17.7 Å². The molecule has 1 fully saturated rings. The summed E-state index contributed by atoms with van der Waals surface area (Å²) in [5.41, 5.74) is 2.04. The number of halogens is 3. The van der Waals surface area contributed by atoms with Crippen LogP contribution in [-0.2, 0) is 12.6 Å². The predicted molar refractivity (Wildman–Crippen MR) is 94.8 cm³/mol. The van der Waals surface area contributed by atoms with E-state index in [9.17, 15) is 13.2 Å². The largest absolute Gasteiger partial charge is 0.416 e. The molecule has 1 atom stereocenters. The highest BCUT2D eigenvalue weighted by molar-refractivity contribution is 5.58. The Labute approximate surface area is 151 Å². The first-order valence-corrected chi connectivity index (χ1v) is 9.23. The quantitative estimate of drug-likeness (QED) is 0.892. The Kier molecular flexibility index (Phi) is 4.42. The van der Waals surface area contributed by atoms with E-state index in [4.69, 9.17) is 5.10 Å². The average Bonchev–Trinajstić information content (AvgIpc) is 3.23. The van der Waals surface area contributed by atoms with Crippen molar-refractivity contribution in [1.29, 1.82) is 0 Å². The molecule has 2 aliphatic rings. The molecule has 0 saturated carbocycles. The molecule has 0 spiro atoms. The van der Waals surface area contributed by atoms with Crippen molar-refractivity contribution in [2.75, 3.05) is 31.5 Å². The number of hydrogen-bond acceptors (Lipinski definition) is 3. The highest BCUT2D eigenvalue weighted by Crippen LogP contribution is 2.37. The van der Waals surface area contributed by atoms with Gasteiger partial charge in [0.1, 0.15) is 5.82 Å². The normalized spacial score (nSPS) is 20.8. The fourth-order valence-electron chi connectivity index (χ4n) is 4.10. The van der Waals surface area contributed by atoms with E-state index in [2.05, 4.69) is 17.1 Å². The number of anilines is 1. The second-order valence-electron chi connectivity index (χ2n) is 7.08. The standard InChI is InChI=1S/C19H23F3N4/c1-2-25-10-4-5-13(12-25)17-16-8-9-23-18(16)26(24-17)15-7-3-6-14(11-15)19(20,21)22/h3,6-7,11,13,23H,2,4-5,8-10,12H2,1H3. The first-order chi connectivity index (χ1) is 12.5. The molecule has 4 rings (SSSR count). The fourth-order valence-corrected chi connectivity index (χ4v) is 4.10. The molecular formula is C19H23F3N4. The molecule has 26 heavy (non-hydrogen) atoms. The summed E-state index contributed by atoms with van der Waals surface area (Å²) in [5.74, 6) is 1.21. The Morgan fingerprint density at radius 2 is 2.15 bits per heavy atom. The maximum atomic E-state index is 13.1. The van der Waals surface area contributed by atoms with Gasteiger partial charge in [-0.25, -0.2) is 4.68 Å². The van der Waals surface area contributed by atoms with Gasteiger partial charge in [-0.1, -0.05) is 13.0 Å². The number of rotatable bonds is 3. The van der Waals surface area contributed by atoms with Gasteiger partial charge in [0, 0.05) is 24.6 Å². The second kappa shape index (κ2) is 6.61. The SMILES string of the molecule is CCN1CCCC(c2nn(-c3cccc(C(F)(F)F)c3)c3c2CCN3)C1. The zero-order valence-electron chi connectivity index (χ0n) is 14.8. The van der Waals surface area contributed by atoms with E-state index in [0.29, 0.717) is 11.6 Å². The zero-order chi connectivity index (χ0) is 18.3. The molecule has 1 aromatic heterocycles. The topological polar surface area (TPSA) is 33.1 Å². The average molecular weight is 364 g/mol. The minimum absolute atomic E-state index is 0.351. The Morgan fingerprint density at radius 1 is 1.31 bits per heavy atom. The van der Waals surface area contributed by atoms with Gasteiger partial charge in [-0.2, -0.15) is 18.3 Å². The number of aromatic nitrogens is 2. The van der Waals surface area contributed by atoms with E-state index in [-0.39, 0.29) is 0 Å². The second-order valence-corrected chi connectivity index (χ2v) is 7.08. The van der Waals surface area contributed by atoms with Crippen molar-refractivity contribution in [3.8, 4) is 5.69 Å². The van der Waals surface area contributed by atoms with Crippen LogP contribution in [0.25, 0.3) is 5.69 Å². The molecule has 0 bridgehead atoms. The minimum atomic E-state index is -4.35. The highest BCUT2D eigenvalue weighted by Gasteiger charge is 2.33. The Balaban J connectivity index is 1.73. The maximum absolute atomic E-state index is 13.1. The molecular weight excluding hydrogens is 341 g/mol. The van der Waals surface area contributed by atoms with Gasteiger partial charge in [0.2, 0.25) is 0 Å². The summed E-state index contributed by atoms with van der Waals surface area (Å²) in [5, 5.41) is 8.09. The van der Waals surface area contributed by atoms with Crippen molar-refractivity contribution >= 4 is 5.82 Å². The molecule has 2 aliphatic heterocycles. The van der Waals surface area contributed by atoms with Crippen molar-refractivity contribution in [2.24, 2.45) is 0 Å². The summed E-state index contributed by atoms with van der Waals surface area (Å²) >= 11 is 0. The molecule has 1 unspecified atom stereocenters. The summed E-state index contributed by atoms with van der Waals surface area (Å²) in [4.78, 5) is 2.42. The van der Waals surface area contributed by atoms with Crippen LogP contribution in [0.15, 0.2) is 24.3 Å². The van der Waals surface area contributed by atoms with Crippen molar-refractivity contribution < 1.29 is 13.2 Å². The lowest BCUT2D eigenvalue weighted by molar-refractivity contribution is -0.137. The van der Waals surface area contributed by atoms with Gasteiger partial charge in [-0.05, 0) is 50.6 Å². The van der Waals surface area contributed by atoms with Gasteiger partial charge in [-0.15, -0.1) is 0 Å². The van der Waals surface area contributed by atoms with Gasteiger partial charge in [0.25, 0.3) is 0 Å². The lowest BCUT2D eigenvalue weighted by atomic mass is 9.92. The number of nitrogens with one attached hydrogen (secondary N) is 1. The molecule has 3 heterocycles. The molecule has 0 radical (unpaired) electrons. The minimum Gasteiger partial charge on any atom is -0.369 e. The van der Waals surface area contributed by atoms with Crippen LogP contribution in [0.1, 0.15) is 42.5 Å². The third kappa shape index (κ3) is 3.09. The van der Waals surface area contributed by atoms with Crippen LogP contribution in [-0.4, -0.2) is 40.9 Å². The van der Waals surface area contributed by atoms with E-state index >= 15 is 0 Å². The number of nitrogens with zero attached hydrogens (tertiary/aromatic N) is 3. The van der Waals surface area contributed by atoms with Gasteiger partial charge in [-0.3, -0.25) is 0 Å². The highest BCUT2D eigenvalue weighted by atomic mass is 19.4. The molecule has 2 aromatic rings. The summed E-state index contributed by atoms with van der Waals surface area (Å²) in [6.45, 7) is 6.08.